The van der Waals surface area contributed by atoms with Crippen molar-refractivity contribution in [3.8, 4) is 5.75 Å². The van der Waals surface area contributed by atoms with Gasteiger partial charge in [0.05, 0.1) is 12.2 Å². The Balaban J connectivity index is 1.99. The van der Waals surface area contributed by atoms with Crippen LogP contribution in [0.5, 0.6) is 5.75 Å². The van der Waals surface area contributed by atoms with Crippen molar-refractivity contribution in [3.63, 3.8) is 0 Å². The molecule has 1 aliphatic heterocycles. The third kappa shape index (κ3) is 4.56. The molecule has 1 heterocycles. The highest BCUT2D eigenvalue weighted by molar-refractivity contribution is 5.89. The molecular weight excluding hydrogens is 282 g/mol. The molecular formula is C14H18F2N2O3. The van der Waals surface area contributed by atoms with Gasteiger partial charge in [-0.25, -0.2) is 4.79 Å². The molecule has 1 aromatic rings. The lowest BCUT2D eigenvalue weighted by Gasteiger charge is -2.35. The largest absolute Gasteiger partial charge is 0.435 e. The second-order valence-corrected chi connectivity index (χ2v) is 5.00. The predicted octanol–water partition coefficient (Wildman–Crippen LogP) is 2.93. The normalized spacial score (nSPS) is 22.2. The average Bonchev–Trinajstić information content (AvgIpc) is 2.37. The van der Waals surface area contributed by atoms with Crippen molar-refractivity contribution in [3.05, 3.63) is 24.3 Å². The van der Waals surface area contributed by atoms with Gasteiger partial charge in [0.2, 0.25) is 0 Å². The topological polar surface area (TPSA) is 50.8 Å². The van der Waals surface area contributed by atoms with Gasteiger partial charge in [-0.1, -0.05) is 6.07 Å². The van der Waals surface area contributed by atoms with Crippen LogP contribution >= 0.6 is 0 Å². The number of rotatable bonds is 3. The van der Waals surface area contributed by atoms with Gasteiger partial charge >= 0.3 is 12.6 Å². The molecule has 1 aliphatic rings. The Morgan fingerprint density at radius 1 is 1.38 bits per heavy atom. The summed E-state index contributed by atoms with van der Waals surface area (Å²) in [6.45, 7) is 1.88. The molecule has 0 spiro atoms. The van der Waals surface area contributed by atoms with E-state index in [4.69, 9.17) is 4.74 Å². The zero-order valence-electron chi connectivity index (χ0n) is 11.9. The molecule has 1 N–H and O–H groups in total. The monoisotopic (exact) mass is 300 g/mol. The third-order valence-corrected chi connectivity index (χ3v) is 3.02. The molecule has 1 aromatic carbocycles. The van der Waals surface area contributed by atoms with Crippen LogP contribution in [0.3, 0.4) is 0 Å². The molecule has 0 saturated carbocycles. The molecule has 2 amide bonds. The molecule has 0 aliphatic carbocycles. The molecule has 21 heavy (non-hydrogen) atoms. The van der Waals surface area contributed by atoms with E-state index in [0.29, 0.717) is 18.8 Å². The SMILES string of the molecule is C[C@@H]1CN(C(=O)Nc2cccc(OC(F)F)c2)C[C@H](C)O1. The molecule has 2 atom stereocenters. The maximum absolute atomic E-state index is 12.2. The second-order valence-electron chi connectivity index (χ2n) is 5.00. The Labute approximate surface area is 121 Å². The fourth-order valence-electron chi connectivity index (χ4n) is 2.30. The van der Waals surface area contributed by atoms with E-state index in [-0.39, 0.29) is 24.0 Å². The number of amides is 2. The number of ether oxygens (including phenoxy) is 2. The van der Waals surface area contributed by atoms with Gasteiger partial charge in [-0.2, -0.15) is 8.78 Å². The highest BCUT2D eigenvalue weighted by Crippen LogP contribution is 2.20. The van der Waals surface area contributed by atoms with Crippen LogP contribution in [0, 0.1) is 0 Å². The highest BCUT2D eigenvalue weighted by Gasteiger charge is 2.25. The van der Waals surface area contributed by atoms with Crippen LogP contribution in [0.15, 0.2) is 24.3 Å². The van der Waals surface area contributed by atoms with E-state index in [9.17, 15) is 13.6 Å². The van der Waals surface area contributed by atoms with Crippen molar-refractivity contribution in [2.75, 3.05) is 18.4 Å². The van der Waals surface area contributed by atoms with Crippen LogP contribution < -0.4 is 10.1 Å². The maximum atomic E-state index is 12.2. The van der Waals surface area contributed by atoms with Crippen molar-refractivity contribution in [2.24, 2.45) is 0 Å². The van der Waals surface area contributed by atoms with Gasteiger partial charge in [0.25, 0.3) is 0 Å². The number of carbonyl (C=O) groups is 1. The first-order valence-corrected chi connectivity index (χ1v) is 6.70. The summed E-state index contributed by atoms with van der Waals surface area (Å²) in [5.41, 5.74) is 0.407. The minimum absolute atomic E-state index is 0.00603. The number of hydrogen-bond acceptors (Lipinski definition) is 3. The first kappa shape index (κ1) is 15.5. The van der Waals surface area contributed by atoms with Crippen LogP contribution in [0.25, 0.3) is 0 Å². The fourth-order valence-corrected chi connectivity index (χ4v) is 2.30. The number of anilines is 1. The number of alkyl halides is 2. The minimum atomic E-state index is -2.89. The third-order valence-electron chi connectivity index (χ3n) is 3.02. The van der Waals surface area contributed by atoms with Crippen molar-refractivity contribution >= 4 is 11.7 Å². The number of halogens is 2. The molecule has 0 unspecified atom stereocenters. The van der Waals surface area contributed by atoms with Gasteiger partial charge in [0.1, 0.15) is 5.75 Å². The van der Waals surface area contributed by atoms with E-state index in [1.165, 1.54) is 18.2 Å². The van der Waals surface area contributed by atoms with Gasteiger partial charge < -0.3 is 19.7 Å². The van der Waals surface area contributed by atoms with Gasteiger partial charge in [-0.05, 0) is 26.0 Å². The lowest BCUT2D eigenvalue weighted by Crippen LogP contribution is -2.49. The molecule has 5 nitrogen and oxygen atoms in total. The number of morpholine rings is 1. The molecule has 1 fully saturated rings. The Morgan fingerprint density at radius 2 is 2.05 bits per heavy atom. The number of urea groups is 1. The van der Waals surface area contributed by atoms with Crippen molar-refractivity contribution in [2.45, 2.75) is 32.7 Å². The standard InChI is InChI=1S/C14H18F2N2O3/c1-9-7-18(8-10(2)20-9)14(19)17-11-4-3-5-12(6-11)21-13(15)16/h3-6,9-10,13H,7-8H2,1-2H3,(H,17,19)/t9-,10+. The smallest absolute Gasteiger partial charge is 0.387 e. The Hall–Kier alpha value is -1.89. The highest BCUT2D eigenvalue weighted by atomic mass is 19.3. The van der Waals surface area contributed by atoms with E-state index in [1.807, 2.05) is 13.8 Å². The Bertz CT molecular complexity index is 489. The maximum Gasteiger partial charge on any atom is 0.387 e. The predicted molar refractivity (Wildman–Crippen MR) is 73.7 cm³/mol. The summed E-state index contributed by atoms with van der Waals surface area (Å²) in [6.07, 6.45) is -0.0685. The summed E-state index contributed by atoms with van der Waals surface area (Å²) in [5.74, 6) is 0.00603. The average molecular weight is 300 g/mol. The van der Waals surface area contributed by atoms with Crippen molar-refractivity contribution in [1.29, 1.82) is 0 Å². The van der Waals surface area contributed by atoms with Gasteiger partial charge in [-0.3, -0.25) is 0 Å². The summed E-state index contributed by atoms with van der Waals surface area (Å²) < 4.78 is 34.2. The number of nitrogens with one attached hydrogen (secondary N) is 1. The summed E-state index contributed by atoms with van der Waals surface area (Å²) >= 11 is 0. The Kier molecular flexibility index (Phi) is 4.95. The Morgan fingerprint density at radius 3 is 2.67 bits per heavy atom. The number of benzene rings is 1. The lowest BCUT2D eigenvalue weighted by atomic mass is 10.2. The van der Waals surface area contributed by atoms with E-state index in [0.717, 1.165) is 0 Å². The molecule has 0 aromatic heterocycles. The van der Waals surface area contributed by atoms with Crippen LogP contribution in [0.2, 0.25) is 0 Å². The van der Waals surface area contributed by atoms with Crippen LogP contribution in [0.1, 0.15) is 13.8 Å². The van der Waals surface area contributed by atoms with Gasteiger partial charge in [-0.15, -0.1) is 0 Å². The minimum Gasteiger partial charge on any atom is -0.435 e. The zero-order chi connectivity index (χ0) is 15.4. The quantitative estimate of drug-likeness (QED) is 0.933. The summed E-state index contributed by atoms with van der Waals surface area (Å²) in [4.78, 5) is 13.8. The summed E-state index contributed by atoms with van der Waals surface area (Å²) in [7, 11) is 0. The lowest BCUT2D eigenvalue weighted by molar-refractivity contribution is -0.0531. The van der Waals surface area contributed by atoms with E-state index < -0.39 is 6.61 Å². The zero-order valence-corrected chi connectivity index (χ0v) is 11.9. The first-order valence-electron chi connectivity index (χ1n) is 6.70. The van der Waals surface area contributed by atoms with Crippen molar-refractivity contribution in [1.82, 2.24) is 4.90 Å². The van der Waals surface area contributed by atoms with Crippen LogP contribution in [-0.2, 0) is 4.74 Å². The molecule has 7 heteroatoms. The summed E-state index contributed by atoms with van der Waals surface area (Å²) in [5, 5.41) is 2.67. The molecule has 0 radical (unpaired) electrons. The van der Waals surface area contributed by atoms with Crippen molar-refractivity contribution < 1.29 is 23.0 Å². The first-order chi connectivity index (χ1) is 9.94. The van der Waals surface area contributed by atoms with Crippen LogP contribution in [0.4, 0.5) is 19.3 Å². The fraction of sp³-hybridized carbons (Fsp3) is 0.500. The number of carbonyl (C=O) groups excluding carboxylic acids is 1. The summed E-state index contributed by atoms with van der Waals surface area (Å²) in [6, 6.07) is 5.63. The molecule has 2 rings (SSSR count). The van der Waals surface area contributed by atoms with Gasteiger partial charge in [0, 0.05) is 24.8 Å². The number of nitrogens with zero attached hydrogens (tertiary/aromatic N) is 1. The molecule has 1 saturated heterocycles. The number of hydrogen-bond donors (Lipinski definition) is 1. The van der Waals surface area contributed by atoms with E-state index in [2.05, 4.69) is 10.1 Å². The molecule has 0 bridgehead atoms. The van der Waals surface area contributed by atoms with E-state index in [1.54, 1.807) is 11.0 Å². The molecule has 116 valence electrons. The van der Waals surface area contributed by atoms with Crippen LogP contribution in [-0.4, -0.2) is 42.8 Å². The second kappa shape index (κ2) is 6.71. The van der Waals surface area contributed by atoms with E-state index >= 15 is 0 Å². The van der Waals surface area contributed by atoms with Gasteiger partial charge in [0.15, 0.2) is 0 Å².